The van der Waals surface area contributed by atoms with E-state index in [1.54, 1.807) is 6.20 Å². The first-order valence-corrected chi connectivity index (χ1v) is 11.8. The molecular formula is C32H24N4. The van der Waals surface area contributed by atoms with Crippen molar-refractivity contribution >= 4 is 12.2 Å². The second-order valence-electron chi connectivity index (χ2n) is 8.57. The monoisotopic (exact) mass is 464 g/mol. The number of pyridine rings is 3. The highest BCUT2D eigenvalue weighted by molar-refractivity contribution is 5.82. The van der Waals surface area contributed by atoms with E-state index in [0.29, 0.717) is 6.42 Å². The van der Waals surface area contributed by atoms with Gasteiger partial charge in [0.2, 0.25) is 0 Å². The van der Waals surface area contributed by atoms with Gasteiger partial charge in [-0.3, -0.25) is 15.0 Å². The topological polar surface area (TPSA) is 62.5 Å². The molecule has 0 N–H and O–H groups in total. The Morgan fingerprint density at radius 1 is 0.722 bits per heavy atom. The van der Waals surface area contributed by atoms with Gasteiger partial charge in [-0.2, -0.15) is 5.26 Å². The summed E-state index contributed by atoms with van der Waals surface area (Å²) in [6.45, 7) is 2.06. The molecule has 0 aliphatic rings. The van der Waals surface area contributed by atoms with Gasteiger partial charge in [-0.1, -0.05) is 66.7 Å². The van der Waals surface area contributed by atoms with Gasteiger partial charge in [0.25, 0.3) is 0 Å². The van der Waals surface area contributed by atoms with Crippen molar-refractivity contribution in [2.24, 2.45) is 0 Å². The molecule has 36 heavy (non-hydrogen) atoms. The Bertz CT molecular complexity index is 1570. The summed E-state index contributed by atoms with van der Waals surface area (Å²) in [7, 11) is 0. The van der Waals surface area contributed by atoms with Crippen LogP contribution in [-0.4, -0.2) is 15.0 Å². The molecule has 0 radical (unpaired) electrons. The fourth-order valence-electron chi connectivity index (χ4n) is 4.22. The summed E-state index contributed by atoms with van der Waals surface area (Å²) in [6, 6.07) is 28.7. The van der Waals surface area contributed by atoms with Crippen molar-refractivity contribution in [3.05, 3.63) is 126 Å². The van der Waals surface area contributed by atoms with E-state index in [2.05, 4.69) is 66.5 Å². The van der Waals surface area contributed by atoms with Crippen LogP contribution in [0.1, 0.15) is 22.3 Å². The molecule has 0 atom stereocenters. The van der Waals surface area contributed by atoms with Crippen LogP contribution in [0.3, 0.4) is 0 Å². The molecule has 0 aliphatic carbocycles. The summed E-state index contributed by atoms with van der Waals surface area (Å²) in [5.74, 6) is 0. The second kappa shape index (κ2) is 10.6. The fraction of sp³-hybridized carbons (Fsp3) is 0.0625. The number of hydrogen-bond acceptors (Lipinski definition) is 4. The van der Waals surface area contributed by atoms with E-state index in [9.17, 15) is 0 Å². The summed E-state index contributed by atoms with van der Waals surface area (Å²) < 4.78 is 0. The average molecular weight is 465 g/mol. The summed E-state index contributed by atoms with van der Waals surface area (Å²) in [4.78, 5) is 13.9. The predicted molar refractivity (Wildman–Crippen MR) is 146 cm³/mol. The number of hydrogen-bond donors (Lipinski definition) is 0. The zero-order valence-electron chi connectivity index (χ0n) is 20.0. The minimum atomic E-state index is 0.383. The van der Waals surface area contributed by atoms with Gasteiger partial charge < -0.3 is 0 Å². The zero-order valence-corrected chi connectivity index (χ0v) is 20.0. The molecule has 0 unspecified atom stereocenters. The highest BCUT2D eigenvalue weighted by Gasteiger charge is 2.12. The number of rotatable bonds is 6. The van der Waals surface area contributed by atoms with Crippen LogP contribution in [0, 0.1) is 18.3 Å². The molecule has 172 valence electrons. The van der Waals surface area contributed by atoms with E-state index in [1.165, 1.54) is 0 Å². The van der Waals surface area contributed by atoms with Crippen molar-refractivity contribution in [3.8, 4) is 39.7 Å². The summed E-state index contributed by atoms with van der Waals surface area (Å²) in [5.41, 5.74) is 9.94. The van der Waals surface area contributed by atoms with Crippen LogP contribution < -0.4 is 0 Å². The summed E-state index contributed by atoms with van der Waals surface area (Å²) in [6.07, 6.45) is 12.0. The SMILES string of the molecule is Cc1cc(-c2ncc(-c3cccc(CC#N)c3)cc2/C=C/c2ccccc2)cnc1-c1cccnc1. The lowest BCUT2D eigenvalue weighted by atomic mass is 9.98. The molecule has 0 saturated heterocycles. The number of nitriles is 1. The van der Waals surface area contributed by atoms with E-state index in [4.69, 9.17) is 15.2 Å². The molecule has 0 spiro atoms. The van der Waals surface area contributed by atoms with Crippen molar-refractivity contribution in [3.63, 3.8) is 0 Å². The van der Waals surface area contributed by atoms with Gasteiger partial charge in [-0.05, 0) is 53.4 Å². The molecule has 0 saturated carbocycles. The molecule has 2 aromatic carbocycles. The third-order valence-corrected chi connectivity index (χ3v) is 6.00. The number of benzene rings is 2. The van der Waals surface area contributed by atoms with Gasteiger partial charge in [0.15, 0.2) is 0 Å². The van der Waals surface area contributed by atoms with Crippen molar-refractivity contribution in [1.82, 2.24) is 15.0 Å². The lowest BCUT2D eigenvalue weighted by Crippen LogP contribution is -1.95. The van der Waals surface area contributed by atoms with Gasteiger partial charge in [-0.15, -0.1) is 0 Å². The van der Waals surface area contributed by atoms with Gasteiger partial charge in [-0.25, -0.2) is 0 Å². The van der Waals surface area contributed by atoms with E-state index >= 15 is 0 Å². The lowest BCUT2D eigenvalue weighted by molar-refractivity contribution is 1.22. The van der Waals surface area contributed by atoms with Crippen LogP contribution in [-0.2, 0) is 6.42 Å². The van der Waals surface area contributed by atoms with Crippen molar-refractivity contribution in [1.29, 1.82) is 5.26 Å². The van der Waals surface area contributed by atoms with E-state index in [0.717, 1.165) is 55.9 Å². The Labute approximate surface area is 211 Å². The molecule has 5 rings (SSSR count). The maximum absolute atomic E-state index is 9.10. The minimum Gasteiger partial charge on any atom is -0.264 e. The molecule has 3 heterocycles. The molecule has 3 aromatic heterocycles. The van der Waals surface area contributed by atoms with Crippen LogP contribution >= 0.6 is 0 Å². The maximum Gasteiger partial charge on any atom is 0.0790 e. The normalized spacial score (nSPS) is 10.9. The standard InChI is InChI=1S/C32H24N4/c1-23-17-30(22-35-31(23)28-11-6-16-34-20-28)32-27(13-12-24-7-3-2-4-8-24)19-29(21-36-32)26-10-5-9-25(18-26)14-15-33/h2-13,16-22H,14H2,1H3/b13-12+. The smallest absolute Gasteiger partial charge is 0.0790 e. The van der Waals surface area contributed by atoms with E-state index in [-0.39, 0.29) is 0 Å². The second-order valence-corrected chi connectivity index (χ2v) is 8.57. The number of nitrogens with zero attached hydrogens (tertiary/aromatic N) is 4. The van der Waals surface area contributed by atoms with Gasteiger partial charge in [0, 0.05) is 47.0 Å². The Morgan fingerprint density at radius 2 is 1.53 bits per heavy atom. The zero-order chi connectivity index (χ0) is 24.7. The van der Waals surface area contributed by atoms with Crippen LogP contribution in [0.25, 0.3) is 45.8 Å². The molecule has 5 aromatic rings. The molecule has 0 bridgehead atoms. The van der Waals surface area contributed by atoms with Gasteiger partial charge in [0.1, 0.15) is 0 Å². The highest BCUT2D eigenvalue weighted by Crippen LogP contribution is 2.31. The largest absolute Gasteiger partial charge is 0.264 e. The highest BCUT2D eigenvalue weighted by atomic mass is 14.7. The summed E-state index contributed by atoms with van der Waals surface area (Å²) >= 11 is 0. The fourth-order valence-corrected chi connectivity index (χ4v) is 4.22. The molecule has 4 heteroatoms. The number of aromatic nitrogens is 3. The Hall–Kier alpha value is -4.88. The first-order chi connectivity index (χ1) is 17.7. The molecule has 0 aliphatic heterocycles. The maximum atomic E-state index is 9.10. The summed E-state index contributed by atoms with van der Waals surface area (Å²) in [5, 5.41) is 9.10. The van der Waals surface area contributed by atoms with E-state index < -0.39 is 0 Å². The quantitative estimate of drug-likeness (QED) is 0.262. The van der Waals surface area contributed by atoms with Crippen molar-refractivity contribution < 1.29 is 0 Å². The average Bonchev–Trinajstić information content (AvgIpc) is 2.93. The van der Waals surface area contributed by atoms with Crippen LogP contribution in [0.5, 0.6) is 0 Å². The predicted octanol–water partition coefficient (Wildman–Crippen LogP) is 7.42. The van der Waals surface area contributed by atoms with E-state index in [1.807, 2.05) is 61.1 Å². The molecular weight excluding hydrogens is 440 g/mol. The molecule has 0 fully saturated rings. The van der Waals surface area contributed by atoms with Crippen molar-refractivity contribution in [2.45, 2.75) is 13.3 Å². The van der Waals surface area contributed by atoms with Gasteiger partial charge in [0.05, 0.1) is 23.9 Å². The first-order valence-electron chi connectivity index (χ1n) is 11.8. The van der Waals surface area contributed by atoms with Crippen LogP contribution in [0.15, 0.2) is 104 Å². The third-order valence-electron chi connectivity index (χ3n) is 6.00. The lowest BCUT2D eigenvalue weighted by Gasteiger charge is -2.12. The third kappa shape index (κ3) is 5.11. The minimum absolute atomic E-state index is 0.383. The Morgan fingerprint density at radius 3 is 2.31 bits per heavy atom. The first kappa shape index (κ1) is 22.9. The van der Waals surface area contributed by atoms with Crippen molar-refractivity contribution in [2.75, 3.05) is 0 Å². The Balaban J connectivity index is 1.59. The molecule has 4 nitrogen and oxygen atoms in total. The number of aryl methyl sites for hydroxylation is 1. The molecule has 0 amide bonds. The van der Waals surface area contributed by atoms with Gasteiger partial charge >= 0.3 is 0 Å². The van der Waals surface area contributed by atoms with Crippen LogP contribution in [0.4, 0.5) is 0 Å². The van der Waals surface area contributed by atoms with Crippen LogP contribution in [0.2, 0.25) is 0 Å². The Kier molecular flexibility index (Phi) is 6.73.